The number of rotatable bonds is 2. The zero-order valence-electron chi connectivity index (χ0n) is 12.2. The molecule has 0 bridgehead atoms. The van der Waals surface area contributed by atoms with E-state index in [9.17, 15) is 5.11 Å². The summed E-state index contributed by atoms with van der Waals surface area (Å²) in [5.74, 6) is 0.918. The monoisotopic (exact) mass is 326 g/mol. The number of aromatic nitrogens is 3. The Morgan fingerprint density at radius 2 is 2.00 bits per heavy atom. The van der Waals surface area contributed by atoms with Crippen molar-refractivity contribution in [3.8, 4) is 5.75 Å². The third-order valence-corrected chi connectivity index (χ3v) is 4.42. The number of phenols is 1. The molecule has 2 N–H and O–H groups in total. The maximum Gasteiger partial charge on any atom is 0.222 e. The summed E-state index contributed by atoms with van der Waals surface area (Å²) in [4.78, 5) is 4.29. The maximum absolute atomic E-state index is 10.2. The summed E-state index contributed by atoms with van der Waals surface area (Å²) < 4.78 is 1.88. The molecular weight excluding hydrogens is 312 g/mol. The van der Waals surface area contributed by atoms with Gasteiger partial charge in [-0.25, -0.2) is 4.68 Å². The number of fused-ring (bicyclic) bond motifs is 1. The van der Waals surface area contributed by atoms with Gasteiger partial charge in [0.15, 0.2) is 0 Å². The molecule has 5 nitrogen and oxygen atoms in total. The first-order valence-electron chi connectivity index (χ1n) is 7.42. The molecule has 116 valence electrons. The van der Waals surface area contributed by atoms with Gasteiger partial charge in [-0.15, -0.1) is 0 Å². The lowest BCUT2D eigenvalue weighted by Gasteiger charge is -2.32. The average molecular weight is 327 g/mol. The number of nitrogens with one attached hydrogen (secondary N) is 1. The smallest absolute Gasteiger partial charge is 0.222 e. The fourth-order valence-corrected chi connectivity index (χ4v) is 3.26. The van der Waals surface area contributed by atoms with Crippen LogP contribution in [-0.2, 0) is 0 Å². The highest BCUT2D eigenvalue weighted by molar-refractivity contribution is 6.30. The predicted octanol–water partition coefficient (Wildman–Crippen LogP) is 3.78. The summed E-state index contributed by atoms with van der Waals surface area (Å²) in [6.07, 6.45) is 2.28. The van der Waals surface area contributed by atoms with E-state index in [0.29, 0.717) is 11.0 Å². The molecule has 3 aromatic rings. The van der Waals surface area contributed by atoms with Crippen LogP contribution >= 0.6 is 11.6 Å². The lowest BCUT2D eigenvalue weighted by atomic mass is 9.93. The third kappa shape index (κ3) is 2.53. The second-order valence-corrected chi connectivity index (χ2v) is 6.03. The Hall–Kier alpha value is -2.53. The molecule has 4 rings (SSSR count). The molecule has 2 heterocycles. The highest BCUT2D eigenvalue weighted by Crippen LogP contribution is 2.40. The van der Waals surface area contributed by atoms with E-state index in [0.717, 1.165) is 17.5 Å². The highest BCUT2D eigenvalue weighted by atomic mass is 35.5. The van der Waals surface area contributed by atoms with Crippen LogP contribution in [0.25, 0.3) is 0 Å². The molecule has 0 radical (unpaired) electrons. The summed E-state index contributed by atoms with van der Waals surface area (Å²) >= 11 is 6.10. The van der Waals surface area contributed by atoms with Crippen molar-refractivity contribution in [3.05, 3.63) is 71.0 Å². The molecular formula is C17H15ClN4O. The van der Waals surface area contributed by atoms with Crippen molar-refractivity contribution in [2.75, 3.05) is 5.32 Å². The topological polar surface area (TPSA) is 63.0 Å². The lowest BCUT2D eigenvalue weighted by Crippen LogP contribution is -2.28. The molecule has 0 aliphatic carbocycles. The van der Waals surface area contributed by atoms with Crippen LogP contribution in [0.5, 0.6) is 5.75 Å². The Balaban J connectivity index is 1.77. The van der Waals surface area contributed by atoms with Crippen molar-refractivity contribution in [2.24, 2.45) is 0 Å². The number of hydrogen-bond acceptors (Lipinski definition) is 4. The molecule has 1 aliphatic rings. The van der Waals surface area contributed by atoms with Gasteiger partial charge in [-0.1, -0.05) is 41.9 Å². The van der Waals surface area contributed by atoms with Crippen LogP contribution in [0, 0.1) is 0 Å². The van der Waals surface area contributed by atoms with Crippen LogP contribution in [0.2, 0.25) is 5.02 Å². The Morgan fingerprint density at radius 1 is 1.17 bits per heavy atom. The predicted molar refractivity (Wildman–Crippen MR) is 88.7 cm³/mol. The lowest BCUT2D eigenvalue weighted by molar-refractivity contribution is 0.414. The molecule has 2 aromatic carbocycles. The van der Waals surface area contributed by atoms with Gasteiger partial charge >= 0.3 is 0 Å². The van der Waals surface area contributed by atoms with Gasteiger partial charge in [-0.2, -0.15) is 10.1 Å². The van der Waals surface area contributed by atoms with E-state index in [2.05, 4.69) is 27.5 Å². The van der Waals surface area contributed by atoms with E-state index in [1.807, 2.05) is 22.9 Å². The summed E-state index contributed by atoms with van der Waals surface area (Å²) in [6.45, 7) is 0. The van der Waals surface area contributed by atoms with Crippen LogP contribution in [0.4, 0.5) is 5.95 Å². The highest BCUT2D eigenvalue weighted by Gasteiger charge is 2.31. The minimum atomic E-state index is -0.0874. The third-order valence-electron chi connectivity index (χ3n) is 4.18. The molecule has 2 atom stereocenters. The molecule has 23 heavy (non-hydrogen) atoms. The fraction of sp³-hybridized carbons (Fsp3) is 0.176. The van der Waals surface area contributed by atoms with Gasteiger partial charge in [0.1, 0.15) is 12.1 Å². The minimum Gasteiger partial charge on any atom is -0.508 e. The van der Waals surface area contributed by atoms with Crippen LogP contribution in [0.1, 0.15) is 29.6 Å². The number of anilines is 1. The average Bonchev–Trinajstić information content (AvgIpc) is 3.05. The SMILES string of the molecule is Oc1ccc(Cl)cc1[C@H]1C[C@H](c2ccccc2)n2ncnc2N1. The van der Waals surface area contributed by atoms with Gasteiger partial charge in [0.25, 0.3) is 0 Å². The second-order valence-electron chi connectivity index (χ2n) is 5.59. The zero-order chi connectivity index (χ0) is 15.8. The van der Waals surface area contributed by atoms with E-state index in [4.69, 9.17) is 11.6 Å². The van der Waals surface area contributed by atoms with Crippen LogP contribution < -0.4 is 5.32 Å². The van der Waals surface area contributed by atoms with E-state index >= 15 is 0 Å². The normalized spacial score (nSPS) is 19.9. The van der Waals surface area contributed by atoms with E-state index < -0.39 is 0 Å². The van der Waals surface area contributed by atoms with Crippen molar-refractivity contribution < 1.29 is 5.11 Å². The number of hydrogen-bond donors (Lipinski definition) is 2. The van der Waals surface area contributed by atoms with Crippen molar-refractivity contribution >= 4 is 17.5 Å². The summed E-state index contributed by atoms with van der Waals surface area (Å²) in [6, 6.07) is 15.2. The van der Waals surface area contributed by atoms with E-state index in [1.54, 1.807) is 24.5 Å². The molecule has 0 amide bonds. The maximum atomic E-state index is 10.2. The van der Waals surface area contributed by atoms with Gasteiger partial charge in [0.05, 0.1) is 12.1 Å². The van der Waals surface area contributed by atoms with Crippen molar-refractivity contribution in [3.63, 3.8) is 0 Å². The van der Waals surface area contributed by atoms with Gasteiger partial charge in [-0.05, 0) is 30.2 Å². The standard InChI is InChI=1S/C17H15ClN4O/c18-12-6-7-16(23)13(8-12)14-9-15(11-4-2-1-3-5-11)22-17(21-14)19-10-20-22/h1-8,10,14-15,23H,9H2,(H,19,20,21)/t14-,15-/m1/s1. The van der Waals surface area contributed by atoms with Crippen LogP contribution in [0.3, 0.4) is 0 Å². The molecule has 0 saturated heterocycles. The quantitative estimate of drug-likeness (QED) is 0.752. The first-order valence-corrected chi connectivity index (χ1v) is 7.79. The summed E-state index contributed by atoms with van der Waals surface area (Å²) in [5, 5.41) is 18.5. The van der Waals surface area contributed by atoms with Crippen LogP contribution in [-0.4, -0.2) is 19.9 Å². The minimum absolute atomic E-state index is 0.0540. The second kappa shape index (κ2) is 5.59. The van der Waals surface area contributed by atoms with E-state index in [-0.39, 0.29) is 17.8 Å². The summed E-state index contributed by atoms with van der Waals surface area (Å²) in [7, 11) is 0. The fourth-order valence-electron chi connectivity index (χ4n) is 3.08. The Kier molecular flexibility index (Phi) is 3.42. The van der Waals surface area contributed by atoms with Gasteiger partial charge < -0.3 is 10.4 Å². The Bertz CT molecular complexity index is 834. The molecule has 1 aliphatic heterocycles. The van der Waals surface area contributed by atoms with Crippen molar-refractivity contribution in [1.29, 1.82) is 0 Å². The summed E-state index contributed by atoms with van der Waals surface area (Å²) in [5.41, 5.74) is 1.93. The van der Waals surface area contributed by atoms with Gasteiger partial charge in [-0.3, -0.25) is 0 Å². The van der Waals surface area contributed by atoms with Gasteiger partial charge in [0.2, 0.25) is 5.95 Å². The van der Waals surface area contributed by atoms with Gasteiger partial charge in [0, 0.05) is 10.6 Å². The molecule has 0 unspecified atom stereocenters. The Morgan fingerprint density at radius 3 is 2.83 bits per heavy atom. The molecule has 0 saturated carbocycles. The molecule has 6 heteroatoms. The Labute approximate surface area is 138 Å². The first kappa shape index (κ1) is 14.1. The number of aromatic hydroxyl groups is 1. The number of halogens is 1. The largest absolute Gasteiger partial charge is 0.508 e. The van der Waals surface area contributed by atoms with Crippen molar-refractivity contribution in [2.45, 2.75) is 18.5 Å². The molecule has 0 spiro atoms. The number of phenolic OH excluding ortho intramolecular Hbond substituents is 1. The van der Waals surface area contributed by atoms with Crippen molar-refractivity contribution in [1.82, 2.24) is 14.8 Å². The number of benzene rings is 2. The zero-order valence-corrected chi connectivity index (χ0v) is 13.0. The first-order chi connectivity index (χ1) is 11.2. The number of nitrogens with zero attached hydrogens (tertiary/aromatic N) is 3. The van der Waals surface area contributed by atoms with E-state index in [1.165, 1.54) is 0 Å². The molecule has 0 fully saturated rings. The molecule has 1 aromatic heterocycles. The van der Waals surface area contributed by atoms with Crippen LogP contribution in [0.15, 0.2) is 54.9 Å².